The monoisotopic (exact) mass is 275 g/mol. The minimum atomic E-state index is 0.463. The molecule has 2 aliphatic rings. The van der Waals surface area contributed by atoms with Crippen LogP contribution in [0.3, 0.4) is 0 Å². The van der Waals surface area contributed by atoms with E-state index in [1.54, 1.807) is 6.20 Å². The molecule has 2 heterocycles. The molecule has 1 saturated heterocycles. The number of hydrogen-bond donors (Lipinski definition) is 0. The number of nitriles is 1. The number of pyridine rings is 1. The summed E-state index contributed by atoms with van der Waals surface area (Å²) in [5.74, 6) is 1.57. The molecule has 1 aliphatic carbocycles. The molecule has 1 spiro atoms. The third-order valence-corrected chi connectivity index (χ3v) is 4.89. The van der Waals surface area contributed by atoms with Crippen molar-refractivity contribution in [2.45, 2.75) is 18.8 Å². The zero-order chi connectivity index (χ0) is 14.3. The van der Waals surface area contributed by atoms with Gasteiger partial charge in [0, 0.05) is 24.7 Å². The first-order valence-electron chi connectivity index (χ1n) is 7.45. The Labute approximate surface area is 124 Å². The first-order chi connectivity index (χ1) is 10.3. The molecule has 2 fully saturated rings. The van der Waals surface area contributed by atoms with E-state index in [0.29, 0.717) is 16.9 Å². The van der Waals surface area contributed by atoms with E-state index >= 15 is 0 Å². The van der Waals surface area contributed by atoms with E-state index in [9.17, 15) is 0 Å². The Balaban J connectivity index is 1.42. The molecule has 2 aromatic rings. The van der Waals surface area contributed by atoms with Crippen LogP contribution in [0, 0.1) is 16.7 Å². The van der Waals surface area contributed by atoms with Gasteiger partial charge in [-0.2, -0.15) is 5.26 Å². The molecule has 1 aromatic heterocycles. The van der Waals surface area contributed by atoms with Gasteiger partial charge in [-0.3, -0.25) is 0 Å². The van der Waals surface area contributed by atoms with Crippen molar-refractivity contribution in [3.8, 4) is 6.07 Å². The van der Waals surface area contributed by atoms with E-state index in [2.05, 4.69) is 46.3 Å². The van der Waals surface area contributed by atoms with Gasteiger partial charge in [0.05, 0.1) is 5.56 Å². The fourth-order valence-electron chi connectivity index (χ4n) is 3.85. The number of hydrogen-bond acceptors (Lipinski definition) is 3. The Morgan fingerprint density at radius 3 is 2.57 bits per heavy atom. The van der Waals surface area contributed by atoms with Gasteiger partial charge in [-0.05, 0) is 36.5 Å². The maximum absolute atomic E-state index is 9.16. The average Bonchev–Trinajstić information content (AvgIpc) is 2.46. The Kier molecular flexibility index (Phi) is 2.71. The van der Waals surface area contributed by atoms with Crippen LogP contribution in [0.4, 0.5) is 5.82 Å². The van der Waals surface area contributed by atoms with E-state index in [1.807, 2.05) is 12.1 Å². The molecule has 1 aliphatic heterocycles. The van der Waals surface area contributed by atoms with Crippen LogP contribution in [0.5, 0.6) is 0 Å². The first-order valence-corrected chi connectivity index (χ1v) is 7.45. The number of rotatable bonds is 2. The second-order valence-corrected chi connectivity index (χ2v) is 6.36. The van der Waals surface area contributed by atoms with E-state index in [-0.39, 0.29) is 0 Å². The molecule has 0 radical (unpaired) electrons. The third kappa shape index (κ3) is 1.99. The van der Waals surface area contributed by atoms with Gasteiger partial charge in [-0.25, -0.2) is 4.98 Å². The summed E-state index contributed by atoms with van der Waals surface area (Å²) in [6, 6.07) is 16.7. The van der Waals surface area contributed by atoms with Crippen LogP contribution in [0.1, 0.15) is 29.9 Å². The number of benzene rings is 1. The molecule has 21 heavy (non-hydrogen) atoms. The van der Waals surface area contributed by atoms with Crippen molar-refractivity contribution in [1.82, 2.24) is 4.98 Å². The van der Waals surface area contributed by atoms with Crippen molar-refractivity contribution in [1.29, 1.82) is 5.26 Å². The molecule has 3 nitrogen and oxygen atoms in total. The predicted octanol–water partition coefficient (Wildman–Crippen LogP) is 3.34. The van der Waals surface area contributed by atoms with Gasteiger partial charge < -0.3 is 4.90 Å². The van der Waals surface area contributed by atoms with E-state index in [1.165, 1.54) is 18.4 Å². The standard InChI is InChI=1S/C18H17N3/c19-11-15-7-4-8-20-17(15)21-12-18(13-21)9-16(10-18)14-5-2-1-3-6-14/h1-8,16H,9-10,12-13H2. The number of nitrogens with zero attached hydrogens (tertiary/aromatic N) is 3. The molecule has 0 amide bonds. The van der Waals surface area contributed by atoms with Crippen LogP contribution in [0.25, 0.3) is 0 Å². The molecule has 0 atom stereocenters. The minimum Gasteiger partial charge on any atom is -0.354 e. The SMILES string of the molecule is N#Cc1cccnc1N1CC2(CC(c3ccccc3)C2)C1. The molecule has 0 bridgehead atoms. The Bertz CT molecular complexity index is 688. The van der Waals surface area contributed by atoms with E-state index in [0.717, 1.165) is 18.9 Å². The molecule has 1 saturated carbocycles. The predicted molar refractivity (Wildman–Crippen MR) is 82.0 cm³/mol. The fraction of sp³-hybridized carbons (Fsp3) is 0.333. The summed E-state index contributed by atoms with van der Waals surface area (Å²) in [4.78, 5) is 6.63. The van der Waals surface area contributed by atoms with Crippen molar-refractivity contribution in [3.63, 3.8) is 0 Å². The highest BCUT2D eigenvalue weighted by Gasteiger charge is 2.53. The fourth-order valence-corrected chi connectivity index (χ4v) is 3.85. The summed E-state index contributed by atoms with van der Waals surface area (Å²) in [5.41, 5.74) is 2.62. The highest BCUT2D eigenvalue weighted by molar-refractivity contribution is 5.56. The Morgan fingerprint density at radius 2 is 1.86 bits per heavy atom. The molecular formula is C18H17N3. The van der Waals surface area contributed by atoms with Crippen LogP contribution in [-0.4, -0.2) is 18.1 Å². The molecule has 4 rings (SSSR count). The number of aromatic nitrogens is 1. The van der Waals surface area contributed by atoms with Crippen molar-refractivity contribution in [2.24, 2.45) is 5.41 Å². The average molecular weight is 275 g/mol. The maximum Gasteiger partial charge on any atom is 0.146 e. The molecule has 0 unspecified atom stereocenters. The van der Waals surface area contributed by atoms with Gasteiger partial charge in [-0.15, -0.1) is 0 Å². The van der Waals surface area contributed by atoms with Gasteiger partial charge >= 0.3 is 0 Å². The lowest BCUT2D eigenvalue weighted by Gasteiger charge is -2.59. The quantitative estimate of drug-likeness (QED) is 0.844. The van der Waals surface area contributed by atoms with Crippen molar-refractivity contribution in [3.05, 3.63) is 59.8 Å². The van der Waals surface area contributed by atoms with E-state index in [4.69, 9.17) is 5.26 Å². The van der Waals surface area contributed by atoms with Gasteiger partial charge in [0.25, 0.3) is 0 Å². The van der Waals surface area contributed by atoms with Crippen LogP contribution in [-0.2, 0) is 0 Å². The van der Waals surface area contributed by atoms with Crippen LogP contribution in [0.15, 0.2) is 48.7 Å². The summed E-state index contributed by atoms with van der Waals surface area (Å²) in [6.07, 6.45) is 4.30. The van der Waals surface area contributed by atoms with E-state index < -0.39 is 0 Å². The van der Waals surface area contributed by atoms with Crippen LogP contribution in [0.2, 0.25) is 0 Å². The van der Waals surface area contributed by atoms with Crippen LogP contribution < -0.4 is 4.90 Å². The zero-order valence-electron chi connectivity index (χ0n) is 11.9. The summed E-state index contributed by atoms with van der Waals surface area (Å²) >= 11 is 0. The lowest BCUT2D eigenvalue weighted by Crippen LogP contribution is -2.62. The highest BCUT2D eigenvalue weighted by Crippen LogP contribution is 2.56. The van der Waals surface area contributed by atoms with Gasteiger partial charge in [0.1, 0.15) is 11.9 Å². The minimum absolute atomic E-state index is 0.463. The lowest BCUT2D eigenvalue weighted by atomic mass is 9.56. The van der Waals surface area contributed by atoms with Crippen molar-refractivity contribution >= 4 is 5.82 Å². The molecule has 3 heteroatoms. The second-order valence-electron chi connectivity index (χ2n) is 6.36. The summed E-state index contributed by atoms with van der Waals surface area (Å²) < 4.78 is 0. The highest BCUT2D eigenvalue weighted by atomic mass is 15.3. The van der Waals surface area contributed by atoms with Crippen molar-refractivity contribution < 1.29 is 0 Å². The summed E-state index contributed by atoms with van der Waals surface area (Å²) in [7, 11) is 0. The smallest absolute Gasteiger partial charge is 0.146 e. The summed E-state index contributed by atoms with van der Waals surface area (Å²) in [6.45, 7) is 2.09. The maximum atomic E-state index is 9.16. The molecule has 1 aromatic carbocycles. The largest absolute Gasteiger partial charge is 0.354 e. The number of anilines is 1. The Hall–Kier alpha value is -2.34. The normalized spacial score (nSPS) is 19.7. The summed E-state index contributed by atoms with van der Waals surface area (Å²) in [5, 5.41) is 9.16. The zero-order valence-corrected chi connectivity index (χ0v) is 11.9. The Morgan fingerprint density at radius 1 is 1.10 bits per heavy atom. The van der Waals surface area contributed by atoms with Crippen molar-refractivity contribution in [2.75, 3.05) is 18.0 Å². The molecule has 0 N–H and O–H groups in total. The second kappa shape index (κ2) is 4.60. The van der Waals surface area contributed by atoms with Gasteiger partial charge in [0.15, 0.2) is 0 Å². The van der Waals surface area contributed by atoms with Gasteiger partial charge in [0.2, 0.25) is 0 Å². The lowest BCUT2D eigenvalue weighted by molar-refractivity contribution is 0.0627. The molecular weight excluding hydrogens is 258 g/mol. The molecule has 104 valence electrons. The van der Waals surface area contributed by atoms with Crippen LogP contribution >= 0.6 is 0 Å². The van der Waals surface area contributed by atoms with Gasteiger partial charge in [-0.1, -0.05) is 30.3 Å². The first kappa shape index (κ1) is 12.4. The third-order valence-electron chi connectivity index (χ3n) is 4.89. The topological polar surface area (TPSA) is 39.9 Å².